The standard InChI is InChI=1S/C10H7NO3/c12-5-11-8-9(13)6-3-1-2-4-7(6)10(8)14/h1-5,8H,(H,11,12). The molecule has 0 fully saturated rings. The molecule has 0 heterocycles. The molecule has 0 radical (unpaired) electrons. The molecule has 1 N–H and O–H groups in total. The zero-order valence-corrected chi connectivity index (χ0v) is 7.19. The maximum atomic E-state index is 11.6. The van der Waals surface area contributed by atoms with Gasteiger partial charge in [0.2, 0.25) is 6.41 Å². The summed E-state index contributed by atoms with van der Waals surface area (Å²) < 4.78 is 0. The molecule has 1 aliphatic carbocycles. The van der Waals surface area contributed by atoms with Crippen molar-refractivity contribution in [3.05, 3.63) is 35.4 Å². The van der Waals surface area contributed by atoms with E-state index in [0.717, 1.165) is 0 Å². The summed E-state index contributed by atoms with van der Waals surface area (Å²) in [6, 6.07) is 5.52. The number of hydrogen-bond acceptors (Lipinski definition) is 3. The van der Waals surface area contributed by atoms with Crippen LogP contribution in [0.3, 0.4) is 0 Å². The van der Waals surface area contributed by atoms with E-state index in [4.69, 9.17) is 0 Å². The van der Waals surface area contributed by atoms with E-state index < -0.39 is 6.04 Å². The average molecular weight is 189 g/mol. The van der Waals surface area contributed by atoms with Crippen molar-refractivity contribution < 1.29 is 14.4 Å². The number of fused-ring (bicyclic) bond motifs is 1. The SMILES string of the molecule is O=CNC1C(=O)c2ccccc2C1=O. The van der Waals surface area contributed by atoms with Gasteiger partial charge in [0.15, 0.2) is 17.6 Å². The Labute approximate surface area is 79.9 Å². The summed E-state index contributed by atoms with van der Waals surface area (Å²) in [7, 11) is 0. The van der Waals surface area contributed by atoms with Gasteiger partial charge in [0.05, 0.1) is 0 Å². The van der Waals surface area contributed by atoms with Gasteiger partial charge in [-0.2, -0.15) is 0 Å². The van der Waals surface area contributed by atoms with Crippen LogP contribution in [-0.4, -0.2) is 24.0 Å². The van der Waals surface area contributed by atoms with E-state index in [9.17, 15) is 14.4 Å². The molecule has 0 aromatic heterocycles. The second-order valence-electron chi connectivity index (χ2n) is 2.99. The lowest BCUT2D eigenvalue weighted by Gasteiger charge is -2.02. The monoisotopic (exact) mass is 189 g/mol. The Kier molecular flexibility index (Phi) is 1.89. The molecule has 14 heavy (non-hydrogen) atoms. The normalized spacial score (nSPS) is 15.4. The smallest absolute Gasteiger partial charge is 0.208 e. The Balaban J connectivity index is 2.48. The minimum Gasteiger partial charge on any atom is -0.342 e. The van der Waals surface area contributed by atoms with Gasteiger partial charge >= 0.3 is 0 Å². The summed E-state index contributed by atoms with van der Waals surface area (Å²) in [5.74, 6) is -0.671. The first-order chi connectivity index (χ1) is 6.75. The van der Waals surface area contributed by atoms with Gasteiger partial charge in [0, 0.05) is 11.1 Å². The number of hydrogen-bond donors (Lipinski definition) is 1. The average Bonchev–Trinajstić information content (AvgIpc) is 2.45. The highest BCUT2D eigenvalue weighted by molar-refractivity contribution is 6.29. The molecule has 0 unspecified atom stereocenters. The molecule has 0 saturated carbocycles. The number of Topliss-reactive ketones (excluding diaryl/α,β-unsaturated/α-hetero) is 2. The number of ketones is 2. The molecule has 0 spiro atoms. The fourth-order valence-corrected chi connectivity index (χ4v) is 1.56. The Morgan fingerprint density at radius 1 is 1.07 bits per heavy atom. The molecule has 2 rings (SSSR count). The number of amides is 1. The Bertz CT molecular complexity index is 390. The molecule has 0 aliphatic heterocycles. The predicted octanol–water partition coefficient (Wildman–Crippen LogP) is 0.180. The van der Waals surface area contributed by atoms with E-state index in [-0.39, 0.29) is 11.6 Å². The summed E-state index contributed by atoms with van der Waals surface area (Å²) in [5, 5.41) is 2.21. The molecule has 1 aromatic carbocycles. The molecule has 70 valence electrons. The van der Waals surface area contributed by atoms with E-state index in [2.05, 4.69) is 5.32 Å². The highest BCUT2D eigenvalue weighted by Gasteiger charge is 2.37. The van der Waals surface area contributed by atoms with Gasteiger partial charge < -0.3 is 5.32 Å². The number of carbonyl (C=O) groups is 3. The van der Waals surface area contributed by atoms with E-state index in [1.807, 2.05) is 0 Å². The van der Waals surface area contributed by atoms with Crippen molar-refractivity contribution in [1.82, 2.24) is 5.32 Å². The maximum Gasteiger partial charge on any atom is 0.208 e. The van der Waals surface area contributed by atoms with E-state index in [1.54, 1.807) is 24.3 Å². The second kappa shape index (κ2) is 3.06. The van der Waals surface area contributed by atoms with Crippen molar-refractivity contribution in [2.45, 2.75) is 6.04 Å². The molecule has 1 aliphatic rings. The van der Waals surface area contributed by atoms with Crippen molar-refractivity contribution in [1.29, 1.82) is 0 Å². The first-order valence-corrected chi connectivity index (χ1v) is 4.13. The molecule has 1 aromatic rings. The molecule has 4 heteroatoms. The predicted molar refractivity (Wildman–Crippen MR) is 48.1 cm³/mol. The highest BCUT2D eigenvalue weighted by atomic mass is 16.2. The molecular formula is C10H7NO3. The minimum absolute atomic E-state index is 0.335. The molecule has 0 atom stereocenters. The van der Waals surface area contributed by atoms with Crippen LogP contribution in [0.4, 0.5) is 0 Å². The van der Waals surface area contributed by atoms with Gasteiger partial charge in [-0.15, -0.1) is 0 Å². The van der Waals surface area contributed by atoms with Gasteiger partial charge in [0.25, 0.3) is 0 Å². The minimum atomic E-state index is -1.02. The van der Waals surface area contributed by atoms with Crippen LogP contribution in [0.2, 0.25) is 0 Å². The molecule has 0 bridgehead atoms. The Morgan fingerprint density at radius 2 is 1.57 bits per heavy atom. The number of carbonyl (C=O) groups excluding carboxylic acids is 3. The Hall–Kier alpha value is -1.97. The highest BCUT2D eigenvalue weighted by Crippen LogP contribution is 2.21. The fourth-order valence-electron chi connectivity index (χ4n) is 1.56. The number of rotatable bonds is 2. The van der Waals surface area contributed by atoms with E-state index in [1.165, 1.54) is 0 Å². The molecule has 4 nitrogen and oxygen atoms in total. The van der Waals surface area contributed by atoms with Crippen LogP contribution < -0.4 is 5.32 Å². The third kappa shape index (κ3) is 1.04. The van der Waals surface area contributed by atoms with Gasteiger partial charge in [-0.3, -0.25) is 14.4 Å². The summed E-state index contributed by atoms with van der Waals surface area (Å²) in [6.45, 7) is 0. The van der Waals surface area contributed by atoms with Gasteiger partial charge in [0.1, 0.15) is 0 Å². The summed E-state index contributed by atoms with van der Waals surface area (Å²) in [4.78, 5) is 33.3. The summed E-state index contributed by atoms with van der Waals surface area (Å²) in [6.07, 6.45) is 0.367. The molecular weight excluding hydrogens is 182 g/mol. The van der Waals surface area contributed by atoms with Crippen molar-refractivity contribution >= 4 is 18.0 Å². The zero-order valence-electron chi connectivity index (χ0n) is 7.19. The van der Waals surface area contributed by atoms with Crippen LogP contribution in [-0.2, 0) is 4.79 Å². The lowest BCUT2D eigenvalue weighted by molar-refractivity contribution is -0.109. The van der Waals surface area contributed by atoms with Crippen LogP contribution in [0.1, 0.15) is 20.7 Å². The second-order valence-corrected chi connectivity index (χ2v) is 2.99. The van der Waals surface area contributed by atoms with Crippen molar-refractivity contribution in [2.75, 3.05) is 0 Å². The lowest BCUT2D eigenvalue weighted by atomic mass is 10.1. The zero-order chi connectivity index (χ0) is 10.1. The van der Waals surface area contributed by atoms with Crippen molar-refractivity contribution in [2.24, 2.45) is 0 Å². The maximum absolute atomic E-state index is 11.6. The van der Waals surface area contributed by atoms with Crippen LogP contribution >= 0.6 is 0 Å². The van der Waals surface area contributed by atoms with Crippen LogP contribution in [0.5, 0.6) is 0 Å². The quantitative estimate of drug-likeness (QED) is 0.533. The lowest BCUT2D eigenvalue weighted by Crippen LogP contribution is -2.37. The van der Waals surface area contributed by atoms with E-state index >= 15 is 0 Å². The van der Waals surface area contributed by atoms with Gasteiger partial charge in [-0.1, -0.05) is 24.3 Å². The summed E-state index contributed by atoms with van der Waals surface area (Å²) in [5.41, 5.74) is 0.772. The first kappa shape index (κ1) is 8.62. The number of nitrogens with one attached hydrogen (secondary N) is 1. The largest absolute Gasteiger partial charge is 0.342 e. The topological polar surface area (TPSA) is 63.2 Å². The van der Waals surface area contributed by atoms with Crippen LogP contribution in [0.15, 0.2) is 24.3 Å². The van der Waals surface area contributed by atoms with Crippen LogP contribution in [0.25, 0.3) is 0 Å². The van der Waals surface area contributed by atoms with Crippen molar-refractivity contribution in [3.8, 4) is 0 Å². The van der Waals surface area contributed by atoms with E-state index in [0.29, 0.717) is 17.5 Å². The van der Waals surface area contributed by atoms with Gasteiger partial charge in [-0.05, 0) is 0 Å². The number of benzene rings is 1. The molecule has 1 amide bonds. The van der Waals surface area contributed by atoms with Gasteiger partial charge in [-0.25, -0.2) is 0 Å². The first-order valence-electron chi connectivity index (χ1n) is 4.13. The van der Waals surface area contributed by atoms with Crippen LogP contribution in [0, 0.1) is 0 Å². The summed E-state index contributed by atoms with van der Waals surface area (Å²) >= 11 is 0. The third-order valence-electron chi connectivity index (χ3n) is 2.22. The Morgan fingerprint density at radius 3 is 2.00 bits per heavy atom. The molecule has 0 saturated heterocycles. The van der Waals surface area contributed by atoms with Crippen molar-refractivity contribution in [3.63, 3.8) is 0 Å². The third-order valence-corrected chi connectivity index (χ3v) is 2.22. The fraction of sp³-hybridized carbons (Fsp3) is 0.100.